The van der Waals surface area contributed by atoms with E-state index in [2.05, 4.69) is 118 Å². The number of amides is 2. The van der Waals surface area contributed by atoms with Crippen molar-refractivity contribution in [3.05, 3.63) is 12.2 Å². The van der Waals surface area contributed by atoms with Gasteiger partial charge in [-0.25, -0.2) is 9.34 Å². The van der Waals surface area contributed by atoms with Gasteiger partial charge < -0.3 is 28.3 Å². The van der Waals surface area contributed by atoms with E-state index < -0.39 is 17.1 Å². The molecule has 420 valence electrons. The molecule has 2 aliphatic carbocycles. The van der Waals surface area contributed by atoms with E-state index in [9.17, 15) is 9.59 Å². The molecular formula is C52H105N5O8P2S4. The Kier molecular flexibility index (Phi) is 41.2. The van der Waals surface area contributed by atoms with Crippen molar-refractivity contribution >= 4 is 84.8 Å². The number of carbonyl (C=O) groups excluding carboxylic acids is 2. The van der Waals surface area contributed by atoms with Crippen molar-refractivity contribution in [2.24, 2.45) is 32.7 Å². The Morgan fingerprint density at radius 2 is 1.08 bits per heavy atom. The van der Waals surface area contributed by atoms with Crippen molar-refractivity contribution in [3.63, 3.8) is 0 Å². The molecule has 2 bridgehead atoms. The van der Waals surface area contributed by atoms with Gasteiger partial charge in [0.2, 0.25) is 14.7 Å². The average Bonchev–Trinajstić information content (AvgIpc) is 3.91. The maximum atomic E-state index is 13.1. The van der Waals surface area contributed by atoms with Crippen LogP contribution >= 0.6 is 60.2 Å². The van der Waals surface area contributed by atoms with Crippen LogP contribution in [0.3, 0.4) is 0 Å². The quantitative estimate of drug-likeness (QED) is 0.0117. The fourth-order valence-electron chi connectivity index (χ4n) is 8.55. The minimum atomic E-state index is -1.38. The lowest BCUT2D eigenvalue weighted by molar-refractivity contribution is -0.142. The van der Waals surface area contributed by atoms with E-state index in [0.29, 0.717) is 32.4 Å². The number of fused-ring (bicyclic) bond motifs is 5. The van der Waals surface area contributed by atoms with E-state index in [1.807, 2.05) is 57.0 Å². The van der Waals surface area contributed by atoms with Gasteiger partial charge in [-0.2, -0.15) is 0 Å². The first kappa shape index (κ1) is 65.1. The molecule has 2 amide bonds. The van der Waals surface area contributed by atoms with Gasteiger partial charge in [0.15, 0.2) is 12.8 Å². The molecule has 2 fully saturated rings. The molecule has 2 N–H and O–H groups in total. The van der Waals surface area contributed by atoms with Gasteiger partial charge in [0.05, 0.1) is 31.6 Å². The second-order valence-electron chi connectivity index (χ2n) is 18.8. The highest BCUT2D eigenvalue weighted by atomic mass is 33.1. The predicted octanol–water partition coefficient (Wildman–Crippen LogP) is 14.7. The van der Waals surface area contributed by atoms with Gasteiger partial charge in [-0.05, 0) is 119 Å². The molecule has 4 unspecified atom stereocenters. The number of nitrogens with zero attached hydrogens (tertiary/aromatic N) is 5. The Balaban J connectivity index is 0. The number of aliphatic imine (C=N–C) groups is 2. The molecule has 1 saturated heterocycles. The zero-order valence-corrected chi connectivity index (χ0v) is 52.1. The second-order valence-corrected chi connectivity index (χ2v) is 27.0. The molecule has 0 aromatic heterocycles. The number of hydrogen-bond acceptors (Lipinski definition) is 16. The maximum Gasteiger partial charge on any atom is 0.322 e. The zero-order chi connectivity index (χ0) is 57.1. The van der Waals surface area contributed by atoms with Crippen LogP contribution in [0.25, 0.3) is 0 Å². The molecule has 1 heterocycles. The number of carbonyl (C=O) groups is 2. The first-order valence-electron chi connectivity index (χ1n) is 28.4. The third kappa shape index (κ3) is 28.7. The Bertz CT molecular complexity index is 1440. The van der Waals surface area contributed by atoms with E-state index in [0.717, 1.165) is 44.6 Å². The number of allylic oxidation sites excluding steroid dienone is 2. The number of aliphatic hydroxyl groups is 2. The summed E-state index contributed by atoms with van der Waals surface area (Å²) in [6, 6.07) is 1.20. The molecule has 3 aliphatic rings. The minimum Gasteiger partial charge on any atom is -0.425 e. The summed E-state index contributed by atoms with van der Waals surface area (Å²) in [5, 5.41) is 7.00. The number of rotatable bonds is 36. The summed E-state index contributed by atoms with van der Waals surface area (Å²) < 4.78 is 53.8. The Labute approximate surface area is 460 Å². The lowest BCUT2D eigenvalue weighted by Gasteiger charge is -2.34. The summed E-state index contributed by atoms with van der Waals surface area (Å²) in [4.78, 5) is 36.0. The second kappa shape index (κ2) is 44.9. The summed E-state index contributed by atoms with van der Waals surface area (Å²) in [6.07, 6.45) is 21.6. The molecule has 0 radical (unpaired) electrons. The highest BCUT2D eigenvalue weighted by Gasteiger charge is 2.68. The van der Waals surface area contributed by atoms with Crippen LogP contribution in [0.15, 0.2) is 22.1 Å². The van der Waals surface area contributed by atoms with Gasteiger partial charge in [0.25, 0.3) is 0 Å². The lowest BCUT2D eigenvalue weighted by atomic mass is 9.73. The van der Waals surface area contributed by atoms with Crippen molar-refractivity contribution in [1.82, 2.24) is 14.2 Å². The minimum absolute atomic E-state index is 0.0495. The van der Waals surface area contributed by atoms with Crippen molar-refractivity contribution in [3.8, 4) is 0 Å². The highest BCUT2D eigenvalue weighted by molar-refractivity contribution is 8.77. The number of hydrogen-bond donors (Lipinski definition) is 2. The SMILES string of the molecule is CCN=COP(OCCN1C(=O)[C@@H]2[C@H](C1=O)C1(C)C=CC2(C)C1)N(C(C)C)C(C)C.[2H]CCCCCCSSCCCCCCOP(OC=NCC)N(C(C)C)C(C)C.[2H]CCCSSCCCC.[3H]OC.[3H]OC. The molecule has 3 rings (SSSR count). The first-order chi connectivity index (χ1) is 35.8. The summed E-state index contributed by atoms with van der Waals surface area (Å²) in [5.41, 5.74) is -0.416. The van der Waals surface area contributed by atoms with Gasteiger partial charge in [-0.15, -0.1) is 0 Å². The van der Waals surface area contributed by atoms with Crippen LogP contribution in [0.1, 0.15) is 184 Å². The van der Waals surface area contributed by atoms with Gasteiger partial charge >= 0.3 is 17.1 Å². The normalized spacial score (nSPS) is 21.7. The molecule has 19 heteroatoms. The number of unbranched alkanes of at least 4 members (excludes halogenated alkanes) is 7. The largest absolute Gasteiger partial charge is 0.425 e. The van der Waals surface area contributed by atoms with Gasteiger partial charge in [-0.1, -0.05) is 128 Å². The van der Waals surface area contributed by atoms with E-state index in [1.165, 1.54) is 94.1 Å². The lowest BCUT2D eigenvalue weighted by Crippen LogP contribution is -2.38. The number of aliphatic hydroxyl groups excluding tert-OH is 2. The van der Waals surface area contributed by atoms with Crippen LogP contribution in [-0.4, -0.2) is 146 Å². The van der Waals surface area contributed by atoms with Crippen molar-refractivity contribution in [2.45, 2.75) is 205 Å². The predicted molar refractivity (Wildman–Crippen MR) is 318 cm³/mol. The van der Waals surface area contributed by atoms with Crippen LogP contribution < -0.4 is 0 Å². The van der Waals surface area contributed by atoms with Crippen LogP contribution in [0.2, 0.25) is 0 Å². The van der Waals surface area contributed by atoms with Gasteiger partial charge in [0, 0.05) is 77.2 Å². The maximum absolute atomic E-state index is 13.1. The van der Waals surface area contributed by atoms with Crippen LogP contribution in [-0.2, 0) is 27.7 Å². The van der Waals surface area contributed by atoms with E-state index in [-0.39, 0.29) is 59.7 Å². The van der Waals surface area contributed by atoms with Gasteiger partial charge in [-0.3, -0.25) is 24.5 Å². The zero-order valence-electron chi connectivity index (χ0n) is 51.1. The fourth-order valence-corrected chi connectivity index (χ4v) is 16.0. The average molecular weight is 1120 g/mol. The monoisotopic (exact) mass is 1120 g/mol. The summed E-state index contributed by atoms with van der Waals surface area (Å²) in [7, 11) is 8.01. The molecular weight excluding hydrogens is 1010 g/mol. The number of likely N-dealkylation sites (tertiary alicyclic amines) is 1. The van der Waals surface area contributed by atoms with Crippen molar-refractivity contribution in [2.75, 3.05) is 70.1 Å². The van der Waals surface area contributed by atoms with Crippen molar-refractivity contribution in [1.29, 1.82) is 2.86 Å². The van der Waals surface area contributed by atoms with E-state index in [4.69, 9.17) is 23.7 Å². The Hall–Kier alpha value is -0.160. The fraction of sp³-hybridized carbons (Fsp3) is 0.885. The molecule has 71 heavy (non-hydrogen) atoms. The Morgan fingerprint density at radius 1 is 0.676 bits per heavy atom. The third-order valence-electron chi connectivity index (χ3n) is 11.5. The molecule has 13 nitrogen and oxygen atoms in total. The summed E-state index contributed by atoms with van der Waals surface area (Å²) in [6.45, 7) is 31.3. The molecule has 0 spiro atoms. The van der Waals surface area contributed by atoms with Crippen molar-refractivity contribution < 1.29 is 40.6 Å². The topological polar surface area (TPSA) is 146 Å². The van der Waals surface area contributed by atoms with Crippen LogP contribution in [0.5, 0.6) is 0 Å². The smallest absolute Gasteiger partial charge is 0.322 e. The molecule has 0 aromatic rings. The highest BCUT2D eigenvalue weighted by Crippen LogP contribution is 2.65. The number of imide groups is 1. The summed E-state index contributed by atoms with van der Waals surface area (Å²) >= 11 is 0. The van der Waals surface area contributed by atoms with Gasteiger partial charge in [0.1, 0.15) is 0 Å². The van der Waals surface area contributed by atoms with Crippen LogP contribution in [0.4, 0.5) is 0 Å². The standard InChI is InChI=1S/C22H36N3O4P.C21H45N2O2PS2.C7H16S2.2CH4O/c1-8-23-14-29-30(25(15(2)3)16(4)5)28-12-11-24-19(26)17-18(20(24)27)22(7)10-9-21(17,6)13-22;1-7-9-10-14-17-27-28-18-15-12-11-13-16-24-26(25-19-22-8-2)23(20(3)4)21(5)6;1-3-5-7-9-8-6-4-2;2*1-2/h9-10,14-18H,8,11-13H2,1-7H3;19-21H,7-18H2,1-6H3;3-7H2,1-2H3;2*2H,1H3/t17-,18+,21?,22?,30?;;;;/i;1D;2D;2*2T. The first-order valence-corrected chi connectivity index (χ1v) is 33.4. The molecule has 1 aliphatic heterocycles. The molecule has 0 aromatic carbocycles. The molecule has 1 saturated carbocycles. The van der Waals surface area contributed by atoms with E-state index in [1.54, 1.807) is 6.40 Å². The Morgan fingerprint density at radius 3 is 1.51 bits per heavy atom. The van der Waals surface area contributed by atoms with Crippen LogP contribution in [0, 0.1) is 22.7 Å². The molecule has 6 atom stereocenters. The summed E-state index contributed by atoms with van der Waals surface area (Å²) in [5.74, 6) is 4.35. The van der Waals surface area contributed by atoms with E-state index >= 15 is 0 Å². The third-order valence-corrected chi connectivity index (χ3v) is 20.6.